The van der Waals surface area contributed by atoms with Gasteiger partial charge in [-0.05, 0) is 0 Å². The zero-order chi connectivity index (χ0) is 7.44. The summed E-state index contributed by atoms with van der Waals surface area (Å²) in [6.07, 6.45) is -2.89. The predicted octanol–water partition coefficient (Wildman–Crippen LogP) is -5.79. The van der Waals surface area contributed by atoms with Crippen LogP contribution in [0.15, 0.2) is 0 Å². The first-order valence-electron chi connectivity index (χ1n) is 2.13. The summed E-state index contributed by atoms with van der Waals surface area (Å²) in [6.45, 7) is 0. The van der Waals surface area contributed by atoms with Crippen LogP contribution >= 0.6 is 0 Å². The molecule has 0 rings (SSSR count). The van der Waals surface area contributed by atoms with Gasteiger partial charge in [-0.2, -0.15) is 0 Å². The second-order valence-corrected chi connectivity index (χ2v) is 1.41. The second-order valence-electron chi connectivity index (χ2n) is 1.41. The van der Waals surface area contributed by atoms with Crippen molar-refractivity contribution >= 4 is 49.7 Å². The van der Waals surface area contributed by atoms with E-state index in [9.17, 15) is 19.8 Å². The van der Waals surface area contributed by atoms with E-state index < -0.39 is 24.5 Å². The molecule has 1 atom stereocenters. The topological polar surface area (TPSA) is 163 Å². The van der Waals surface area contributed by atoms with Crippen molar-refractivity contribution in [3.63, 3.8) is 0 Å². The molecule has 0 aliphatic rings. The molecule has 7 nitrogen and oxygen atoms in total. The van der Waals surface area contributed by atoms with Crippen molar-refractivity contribution < 1.29 is 35.9 Å². The van der Waals surface area contributed by atoms with E-state index in [1.807, 2.05) is 0 Å². The van der Waals surface area contributed by atoms with Gasteiger partial charge in [0.15, 0.2) is 0 Å². The molecular formula is C4H8CaO7. The maximum Gasteiger partial charge on any atom is 2.00 e. The summed E-state index contributed by atoms with van der Waals surface area (Å²) in [5, 5.41) is 27.3. The monoisotopic (exact) mass is 208 g/mol. The summed E-state index contributed by atoms with van der Waals surface area (Å²) in [6, 6.07) is 0. The van der Waals surface area contributed by atoms with Crippen LogP contribution in [0.1, 0.15) is 6.42 Å². The van der Waals surface area contributed by atoms with E-state index in [-0.39, 0.29) is 48.7 Å². The molecule has 0 bridgehead atoms. The largest absolute Gasteiger partial charge is 2.00 e. The van der Waals surface area contributed by atoms with E-state index in [0.29, 0.717) is 0 Å². The molecule has 0 aromatic carbocycles. The molecule has 0 heterocycles. The molecule has 0 aromatic heterocycles. The number of carbonyl (C=O) groups excluding carboxylic acids is 2. The maximum absolute atomic E-state index is 9.58. The van der Waals surface area contributed by atoms with Crippen LogP contribution in [0.3, 0.4) is 0 Å². The van der Waals surface area contributed by atoms with Crippen LogP contribution in [0.4, 0.5) is 0 Å². The molecule has 68 valence electrons. The van der Waals surface area contributed by atoms with E-state index in [0.717, 1.165) is 0 Å². The Balaban J connectivity index is -0.000000107. The smallest absolute Gasteiger partial charge is 0.550 e. The van der Waals surface area contributed by atoms with Gasteiger partial charge >= 0.3 is 37.7 Å². The SMILES string of the molecule is O.O.O=C([O-])C[C@@H](O)C(=O)[O-].[Ca+2]. The second kappa shape index (κ2) is 11.1. The van der Waals surface area contributed by atoms with Crippen LogP contribution in [-0.2, 0) is 9.59 Å². The Morgan fingerprint density at radius 3 is 1.67 bits per heavy atom. The normalized spacial score (nSPS) is 9.42. The molecule has 0 aromatic rings. The van der Waals surface area contributed by atoms with Crippen LogP contribution in [0, 0.1) is 0 Å². The van der Waals surface area contributed by atoms with Crippen LogP contribution in [0.25, 0.3) is 0 Å². The number of rotatable bonds is 3. The van der Waals surface area contributed by atoms with Gasteiger partial charge in [0.25, 0.3) is 0 Å². The van der Waals surface area contributed by atoms with Crippen molar-refractivity contribution in [1.82, 2.24) is 0 Å². The molecule has 8 heteroatoms. The van der Waals surface area contributed by atoms with Gasteiger partial charge in [-0.25, -0.2) is 0 Å². The van der Waals surface area contributed by atoms with Gasteiger partial charge in [-0.3, -0.25) is 0 Å². The molecule has 0 spiro atoms. The Labute approximate surface area is 97.6 Å². The minimum absolute atomic E-state index is 0. The average molecular weight is 208 g/mol. The van der Waals surface area contributed by atoms with Crippen molar-refractivity contribution in [2.24, 2.45) is 0 Å². The van der Waals surface area contributed by atoms with Crippen molar-refractivity contribution in [3.05, 3.63) is 0 Å². The van der Waals surface area contributed by atoms with Gasteiger partial charge in [-0.15, -0.1) is 0 Å². The van der Waals surface area contributed by atoms with Gasteiger partial charge in [0.2, 0.25) is 0 Å². The molecule has 12 heavy (non-hydrogen) atoms. The molecule has 0 unspecified atom stereocenters. The zero-order valence-electron chi connectivity index (χ0n) is 6.07. The summed E-state index contributed by atoms with van der Waals surface area (Å²) < 4.78 is 0. The van der Waals surface area contributed by atoms with E-state index in [2.05, 4.69) is 0 Å². The summed E-state index contributed by atoms with van der Waals surface area (Å²) in [7, 11) is 0. The number of hydrogen-bond acceptors (Lipinski definition) is 5. The summed E-state index contributed by atoms with van der Waals surface area (Å²) in [5.41, 5.74) is 0. The van der Waals surface area contributed by atoms with Gasteiger partial charge in [0, 0.05) is 12.4 Å². The van der Waals surface area contributed by atoms with Crippen LogP contribution in [0.2, 0.25) is 0 Å². The van der Waals surface area contributed by atoms with Crippen molar-refractivity contribution in [2.45, 2.75) is 12.5 Å². The van der Waals surface area contributed by atoms with Crippen LogP contribution < -0.4 is 10.2 Å². The van der Waals surface area contributed by atoms with E-state index in [1.165, 1.54) is 0 Å². The molecule has 0 fully saturated rings. The molecule has 0 radical (unpaired) electrons. The third-order valence-corrected chi connectivity index (χ3v) is 0.632. The zero-order valence-corrected chi connectivity index (χ0v) is 8.28. The van der Waals surface area contributed by atoms with E-state index >= 15 is 0 Å². The Morgan fingerprint density at radius 1 is 1.25 bits per heavy atom. The van der Waals surface area contributed by atoms with Crippen LogP contribution in [0.5, 0.6) is 0 Å². The van der Waals surface area contributed by atoms with Crippen LogP contribution in [-0.4, -0.2) is 71.8 Å². The number of carbonyl (C=O) groups is 2. The predicted molar refractivity (Wildman–Crippen MR) is 33.6 cm³/mol. The van der Waals surface area contributed by atoms with Gasteiger partial charge in [0.05, 0.1) is 12.1 Å². The number of aliphatic hydroxyl groups excluding tert-OH is 1. The molecule has 0 aliphatic carbocycles. The Hall–Kier alpha value is 0.0797. The quantitative estimate of drug-likeness (QED) is 0.455. The summed E-state index contributed by atoms with van der Waals surface area (Å²) in [5.74, 6) is -3.43. The van der Waals surface area contributed by atoms with Gasteiger partial charge < -0.3 is 35.9 Å². The first-order chi connectivity index (χ1) is 4.04. The third-order valence-electron chi connectivity index (χ3n) is 0.632. The third kappa shape index (κ3) is 12.7. The Kier molecular flexibility index (Phi) is 21.0. The van der Waals surface area contributed by atoms with Gasteiger partial charge in [0.1, 0.15) is 0 Å². The molecule has 0 aliphatic heterocycles. The van der Waals surface area contributed by atoms with Crippen molar-refractivity contribution in [2.75, 3.05) is 0 Å². The summed E-state index contributed by atoms with van der Waals surface area (Å²) in [4.78, 5) is 19.1. The first kappa shape index (κ1) is 22.7. The number of aliphatic hydroxyl groups is 1. The molecule has 0 amide bonds. The maximum atomic E-state index is 9.58. The average Bonchev–Trinajstić information content (AvgIpc) is 1.63. The van der Waals surface area contributed by atoms with E-state index in [4.69, 9.17) is 5.11 Å². The van der Waals surface area contributed by atoms with Crippen molar-refractivity contribution in [3.8, 4) is 0 Å². The number of carboxylic acids is 2. The number of hydrogen-bond donors (Lipinski definition) is 1. The minimum Gasteiger partial charge on any atom is -0.550 e. The first-order valence-corrected chi connectivity index (χ1v) is 2.13. The van der Waals surface area contributed by atoms with Crippen molar-refractivity contribution in [1.29, 1.82) is 0 Å². The fourth-order valence-electron chi connectivity index (χ4n) is 0.241. The number of aliphatic carboxylic acids is 2. The van der Waals surface area contributed by atoms with E-state index in [1.54, 1.807) is 0 Å². The fourth-order valence-corrected chi connectivity index (χ4v) is 0.241. The fraction of sp³-hybridized carbons (Fsp3) is 0.500. The standard InChI is InChI=1S/C4H6O5.Ca.2H2O/c5-2(4(8)9)1-3(6)7;;;/h2,5H,1H2,(H,6,7)(H,8,9);;2*1H2/q;+2;;/p-2/t2-;;;/m1.../s1. The molecule has 0 saturated carbocycles. The minimum atomic E-state index is -1.96. The summed E-state index contributed by atoms with van der Waals surface area (Å²) >= 11 is 0. The number of carboxylic acid groups (broad SMARTS) is 2. The Morgan fingerprint density at radius 2 is 1.58 bits per heavy atom. The molecular weight excluding hydrogens is 200 g/mol. The Bertz CT molecular complexity index is 135. The molecule has 0 saturated heterocycles. The molecule has 5 N–H and O–H groups in total. The van der Waals surface area contributed by atoms with Gasteiger partial charge in [-0.1, -0.05) is 0 Å².